The lowest BCUT2D eigenvalue weighted by molar-refractivity contribution is -0.139. The molecule has 0 aromatic carbocycles. The zero-order valence-corrected chi connectivity index (χ0v) is 11.0. The summed E-state index contributed by atoms with van der Waals surface area (Å²) in [7, 11) is -3.54. The van der Waals surface area contributed by atoms with Crippen molar-refractivity contribution in [2.75, 3.05) is 18.9 Å². The Morgan fingerprint density at radius 3 is 2.25 bits per heavy atom. The number of ether oxygens (including phenoxy) is 1. The molecule has 0 aliphatic heterocycles. The van der Waals surface area contributed by atoms with Gasteiger partial charge in [0.15, 0.2) is 5.75 Å². The van der Waals surface area contributed by atoms with E-state index in [0.717, 1.165) is 12.8 Å². The summed E-state index contributed by atoms with van der Waals surface area (Å²) in [5.41, 5.74) is 0. The quantitative estimate of drug-likeness (QED) is 0.651. The van der Waals surface area contributed by atoms with Gasteiger partial charge in [-0.3, -0.25) is 4.79 Å². The van der Waals surface area contributed by atoms with E-state index in [1.54, 1.807) is 6.92 Å². The number of sulfonamides is 1. The zero-order valence-electron chi connectivity index (χ0n) is 10.2. The maximum atomic E-state index is 11.4. The lowest BCUT2D eigenvalue weighted by atomic mass is 10.0. The maximum Gasteiger partial charge on any atom is 0.322 e. The van der Waals surface area contributed by atoms with Crippen LogP contribution in [0.5, 0.6) is 0 Å². The average Bonchev–Trinajstić information content (AvgIpc) is 2.18. The molecular weight excluding hydrogens is 230 g/mol. The van der Waals surface area contributed by atoms with Crippen molar-refractivity contribution >= 4 is 16.0 Å². The Labute approximate surface area is 97.6 Å². The third-order valence-corrected chi connectivity index (χ3v) is 3.58. The monoisotopic (exact) mass is 251 g/mol. The molecule has 5 nitrogen and oxygen atoms in total. The molecule has 0 heterocycles. The summed E-state index contributed by atoms with van der Waals surface area (Å²) in [6.45, 7) is 6.24. The van der Waals surface area contributed by atoms with Crippen LogP contribution in [0.1, 0.15) is 33.6 Å². The van der Waals surface area contributed by atoms with Gasteiger partial charge in [0.05, 0.1) is 6.61 Å². The first-order chi connectivity index (χ1) is 7.45. The van der Waals surface area contributed by atoms with E-state index in [1.807, 2.05) is 13.8 Å². The molecule has 0 spiro atoms. The molecule has 0 saturated heterocycles. The Morgan fingerprint density at radius 1 is 1.25 bits per heavy atom. The second-order valence-electron chi connectivity index (χ2n) is 3.60. The van der Waals surface area contributed by atoms with Crippen molar-refractivity contribution in [3.63, 3.8) is 0 Å². The molecule has 0 fully saturated rings. The van der Waals surface area contributed by atoms with E-state index >= 15 is 0 Å². The fourth-order valence-electron chi connectivity index (χ4n) is 1.23. The molecule has 1 N–H and O–H groups in total. The topological polar surface area (TPSA) is 72.5 Å². The van der Waals surface area contributed by atoms with Gasteiger partial charge in [0, 0.05) is 6.54 Å². The second-order valence-corrected chi connectivity index (χ2v) is 5.40. The Morgan fingerprint density at radius 2 is 1.81 bits per heavy atom. The number of hydrogen-bond donors (Lipinski definition) is 1. The number of carbonyl (C=O) groups excluding carboxylic acids is 1. The highest BCUT2D eigenvalue weighted by atomic mass is 32.2. The van der Waals surface area contributed by atoms with Crippen LogP contribution in [-0.2, 0) is 19.6 Å². The van der Waals surface area contributed by atoms with Gasteiger partial charge in [-0.15, -0.1) is 0 Å². The molecule has 0 aromatic heterocycles. The van der Waals surface area contributed by atoms with Crippen molar-refractivity contribution in [1.29, 1.82) is 0 Å². The van der Waals surface area contributed by atoms with E-state index in [9.17, 15) is 13.2 Å². The van der Waals surface area contributed by atoms with Gasteiger partial charge in [-0.05, 0) is 12.8 Å². The Hall–Kier alpha value is -0.620. The van der Waals surface area contributed by atoms with Gasteiger partial charge in [0.25, 0.3) is 0 Å². The van der Waals surface area contributed by atoms with E-state index in [-0.39, 0.29) is 6.61 Å². The number of hydrogen-bond acceptors (Lipinski definition) is 4. The van der Waals surface area contributed by atoms with Crippen molar-refractivity contribution in [1.82, 2.24) is 4.72 Å². The summed E-state index contributed by atoms with van der Waals surface area (Å²) in [5.74, 6) is -0.988. The van der Waals surface area contributed by atoms with Gasteiger partial charge >= 0.3 is 5.97 Å². The molecule has 0 rings (SSSR count). The SMILES string of the molecule is CCOC(=O)CS(=O)(=O)NCC(CC)CC. The van der Waals surface area contributed by atoms with Gasteiger partial charge in [-0.25, -0.2) is 13.1 Å². The van der Waals surface area contributed by atoms with Crippen LogP contribution in [0.2, 0.25) is 0 Å². The van der Waals surface area contributed by atoms with Crippen LogP contribution in [0.3, 0.4) is 0 Å². The molecule has 0 unspecified atom stereocenters. The number of rotatable bonds is 8. The fraction of sp³-hybridized carbons (Fsp3) is 0.900. The van der Waals surface area contributed by atoms with Crippen molar-refractivity contribution in [3.8, 4) is 0 Å². The largest absolute Gasteiger partial charge is 0.465 e. The Kier molecular flexibility index (Phi) is 7.33. The van der Waals surface area contributed by atoms with E-state index in [0.29, 0.717) is 12.5 Å². The normalized spacial score (nSPS) is 11.8. The van der Waals surface area contributed by atoms with E-state index in [2.05, 4.69) is 9.46 Å². The molecule has 6 heteroatoms. The van der Waals surface area contributed by atoms with Crippen LogP contribution in [0.15, 0.2) is 0 Å². The Bertz CT molecular complexity index is 296. The molecule has 0 aromatic rings. The van der Waals surface area contributed by atoms with Gasteiger partial charge < -0.3 is 4.74 Å². The smallest absolute Gasteiger partial charge is 0.322 e. The average molecular weight is 251 g/mol. The predicted molar refractivity (Wildman–Crippen MR) is 62.5 cm³/mol. The van der Waals surface area contributed by atoms with Gasteiger partial charge in [-0.2, -0.15) is 0 Å². The maximum absolute atomic E-state index is 11.4. The van der Waals surface area contributed by atoms with Crippen LogP contribution in [0, 0.1) is 5.92 Å². The molecule has 0 atom stereocenters. The van der Waals surface area contributed by atoms with Gasteiger partial charge in [0.2, 0.25) is 10.0 Å². The molecule has 96 valence electrons. The third kappa shape index (κ3) is 6.79. The first kappa shape index (κ1) is 15.4. The van der Waals surface area contributed by atoms with Crippen molar-refractivity contribution < 1.29 is 17.9 Å². The highest BCUT2D eigenvalue weighted by Gasteiger charge is 2.18. The van der Waals surface area contributed by atoms with E-state index in [1.165, 1.54) is 0 Å². The zero-order chi connectivity index (χ0) is 12.6. The second kappa shape index (κ2) is 7.62. The van der Waals surface area contributed by atoms with Crippen molar-refractivity contribution in [3.05, 3.63) is 0 Å². The molecule has 0 amide bonds. The minimum Gasteiger partial charge on any atom is -0.465 e. The molecule has 16 heavy (non-hydrogen) atoms. The first-order valence-electron chi connectivity index (χ1n) is 5.58. The summed E-state index contributed by atoms with van der Waals surface area (Å²) in [5, 5.41) is 0. The summed E-state index contributed by atoms with van der Waals surface area (Å²) in [4.78, 5) is 11.0. The van der Waals surface area contributed by atoms with E-state index < -0.39 is 21.7 Å². The van der Waals surface area contributed by atoms with Crippen LogP contribution >= 0.6 is 0 Å². The predicted octanol–water partition coefficient (Wildman–Crippen LogP) is 0.905. The molecular formula is C10H21NO4S. The molecule has 0 aliphatic carbocycles. The third-order valence-electron chi connectivity index (χ3n) is 2.36. The molecule has 0 radical (unpaired) electrons. The van der Waals surface area contributed by atoms with Crippen LogP contribution < -0.4 is 4.72 Å². The molecule has 0 bridgehead atoms. The summed E-state index contributed by atoms with van der Waals surface area (Å²) < 4.78 is 29.9. The first-order valence-corrected chi connectivity index (χ1v) is 7.23. The van der Waals surface area contributed by atoms with Crippen molar-refractivity contribution in [2.24, 2.45) is 5.92 Å². The van der Waals surface area contributed by atoms with Gasteiger partial charge in [0.1, 0.15) is 0 Å². The highest BCUT2D eigenvalue weighted by Crippen LogP contribution is 2.05. The fourth-order valence-corrected chi connectivity index (χ4v) is 2.22. The summed E-state index contributed by atoms with van der Waals surface area (Å²) in [6.07, 6.45) is 1.83. The summed E-state index contributed by atoms with van der Waals surface area (Å²) in [6, 6.07) is 0. The van der Waals surface area contributed by atoms with Crippen LogP contribution in [0.4, 0.5) is 0 Å². The van der Waals surface area contributed by atoms with Crippen LogP contribution in [-0.4, -0.2) is 33.3 Å². The lowest BCUT2D eigenvalue weighted by Crippen LogP contribution is -2.34. The minimum atomic E-state index is -3.54. The molecule has 0 aliphatic rings. The minimum absolute atomic E-state index is 0.195. The van der Waals surface area contributed by atoms with Gasteiger partial charge in [-0.1, -0.05) is 26.7 Å². The molecule has 0 saturated carbocycles. The van der Waals surface area contributed by atoms with Crippen LogP contribution in [0.25, 0.3) is 0 Å². The number of esters is 1. The van der Waals surface area contributed by atoms with Crippen molar-refractivity contribution in [2.45, 2.75) is 33.6 Å². The number of carbonyl (C=O) groups is 1. The van der Waals surface area contributed by atoms with E-state index in [4.69, 9.17) is 0 Å². The lowest BCUT2D eigenvalue weighted by Gasteiger charge is -2.13. The Balaban J connectivity index is 4.10. The standard InChI is InChI=1S/C10H21NO4S/c1-4-9(5-2)7-11-16(13,14)8-10(12)15-6-3/h9,11H,4-8H2,1-3H3. The highest BCUT2D eigenvalue weighted by molar-refractivity contribution is 7.90. The summed E-state index contributed by atoms with van der Waals surface area (Å²) >= 11 is 0. The number of nitrogens with one attached hydrogen (secondary N) is 1.